The molecule has 0 spiro atoms. The molecule has 0 fully saturated rings. The monoisotopic (exact) mass is 266 g/mol. The van der Waals surface area contributed by atoms with Crippen molar-refractivity contribution in [1.82, 2.24) is 9.97 Å². The maximum absolute atomic E-state index is 13.3. The van der Waals surface area contributed by atoms with Crippen LogP contribution in [0.25, 0.3) is 0 Å². The van der Waals surface area contributed by atoms with E-state index in [2.05, 4.69) is 9.97 Å². The van der Waals surface area contributed by atoms with E-state index in [9.17, 15) is 13.6 Å². The van der Waals surface area contributed by atoms with Crippen LogP contribution >= 0.6 is 11.8 Å². The molecule has 1 heterocycles. The Labute approximate surface area is 106 Å². The van der Waals surface area contributed by atoms with Gasteiger partial charge in [0, 0.05) is 6.20 Å². The Morgan fingerprint density at radius 3 is 2.56 bits per heavy atom. The number of benzene rings is 1. The van der Waals surface area contributed by atoms with Crippen LogP contribution in [0.4, 0.5) is 8.78 Å². The highest BCUT2D eigenvalue weighted by Gasteiger charge is 2.17. The number of hydrogen-bond donors (Lipinski definition) is 0. The van der Waals surface area contributed by atoms with E-state index in [-0.39, 0.29) is 5.75 Å². The average Bonchev–Trinajstić information content (AvgIpc) is 2.37. The quantitative estimate of drug-likeness (QED) is 0.485. The molecular weight excluding hydrogens is 258 g/mol. The summed E-state index contributed by atoms with van der Waals surface area (Å²) in [6, 6.07) is 4.96. The lowest BCUT2D eigenvalue weighted by molar-refractivity contribution is 0.101. The van der Waals surface area contributed by atoms with E-state index in [1.807, 2.05) is 0 Å². The molecule has 1 aromatic carbocycles. The largest absolute Gasteiger partial charge is 0.293 e. The Kier molecular flexibility index (Phi) is 3.99. The summed E-state index contributed by atoms with van der Waals surface area (Å²) in [6.45, 7) is 0. The number of rotatable bonds is 4. The van der Waals surface area contributed by atoms with Crippen LogP contribution in [0.3, 0.4) is 0 Å². The molecule has 0 saturated heterocycles. The van der Waals surface area contributed by atoms with E-state index < -0.39 is 23.0 Å². The van der Waals surface area contributed by atoms with Crippen molar-refractivity contribution in [1.29, 1.82) is 0 Å². The second-order valence-corrected chi connectivity index (χ2v) is 4.35. The van der Waals surface area contributed by atoms with Gasteiger partial charge in [-0.15, -0.1) is 0 Å². The van der Waals surface area contributed by atoms with E-state index in [4.69, 9.17) is 0 Å². The molecule has 0 saturated carbocycles. The van der Waals surface area contributed by atoms with Crippen LogP contribution in [0.2, 0.25) is 0 Å². The molecule has 2 aromatic rings. The van der Waals surface area contributed by atoms with Gasteiger partial charge in [-0.2, -0.15) is 0 Å². The van der Waals surface area contributed by atoms with Crippen LogP contribution in [0.1, 0.15) is 10.4 Å². The number of thioether (sulfide) groups is 1. The standard InChI is InChI=1S/C12H8F2N2OS/c13-8-2-1-3-9(14)12(8)10(17)6-18-11-4-5-15-7-16-11/h1-5,7H,6H2. The van der Waals surface area contributed by atoms with Crippen LogP contribution in [0.5, 0.6) is 0 Å². The number of carbonyl (C=O) groups is 1. The van der Waals surface area contributed by atoms with Crippen molar-refractivity contribution in [3.05, 3.63) is 54.0 Å². The molecule has 3 nitrogen and oxygen atoms in total. The van der Waals surface area contributed by atoms with Crippen LogP contribution in [-0.4, -0.2) is 21.5 Å². The number of carbonyl (C=O) groups excluding carboxylic acids is 1. The first kappa shape index (κ1) is 12.6. The molecule has 92 valence electrons. The minimum atomic E-state index is -0.844. The molecule has 6 heteroatoms. The lowest BCUT2D eigenvalue weighted by Crippen LogP contribution is -2.08. The average molecular weight is 266 g/mol. The molecule has 0 amide bonds. The summed E-state index contributed by atoms with van der Waals surface area (Å²) in [5.74, 6) is -2.37. The molecule has 0 aliphatic heterocycles. The third-order valence-electron chi connectivity index (χ3n) is 2.15. The fourth-order valence-corrected chi connectivity index (χ4v) is 2.04. The van der Waals surface area contributed by atoms with Gasteiger partial charge >= 0.3 is 0 Å². The summed E-state index contributed by atoms with van der Waals surface area (Å²) in [7, 11) is 0. The number of aromatic nitrogens is 2. The highest BCUT2D eigenvalue weighted by atomic mass is 32.2. The van der Waals surface area contributed by atoms with E-state index >= 15 is 0 Å². The third kappa shape index (κ3) is 2.89. The highest BCUT2D eigenvalue weighted by Crippen LogP contribution is 2.19. The molecule has 2 rings (SSSR count). The summed E-state index contributed by atoms with van der Waals surface area (Å²) in [4.78, 5) is 19.3. The Morgan fingerprint density at radius 1 is 1.22 bits per heavy atom. The minimum absolute atomic E-state index is 0.0745. The molecule has 0 radical (unpaired) electrons. The van der Waals surface area contributed by atoms with Crippen LogP contribution in [0, 0.1) is 11.6 Å². The summed E-state index contributed by atoms with van der Waals surface area (Å²) >= 11 is 1.11. The van der Waals surface area contributed by atoms with Gasteiger partial charge in [0.15, 0.2) is 5.78 Å². The molecular formula is C12H8F2N2OS. The van der Waals surface area contributed by atoms with Crippen molar-refractivity contribution in [2.75, 3.05) is 5.75 Å². The topological polar surface area (TPSA) is 42.9 Å². The van der Waals surface area contributed by atoms with Crippen molar-refractivity contribution in [3.63, 3.8) is 0 Å². The van der Waals surface area contributed by atoms with E-state index in [0.717, 1.165) is 23.9 Å². The second-order valence-electron chi connectivity index (χ2n) is 3.36. The maximum atomic E-state index is 13.3. The summed E-state index contributed by atoms with van der Waals surface area (Å²) < 4.78 is 26.7. The predicted octanol–water partition coefficient (Wildman–Crippen LogP) is 2.73. The summed E-state index contributed by atoms with van der Waals surface area (Å²) in [5, 5.41) is 0.579. The van der Waals surface area contributed by atoms with Crippen molar-refractivity contribution >= 4 is 17.5 Å². The Hall–Kier alpha value is -1.82. The van der Waals surface area contributed by atoms with Gasteiger partial charge in [-0.05, 0) is 18.2 Å². The normalized spacial score (nSPS) is 10.3. The molecule has 0 atom stereocenters. The number of ketones is 1. The van der Waals surface area contributed by atoms with Crippen molar-refractivity contribution < 1.29 is 13.6 Å². The lowest BCUT2D eigenvalue weighted by Gasteiger charge is -2.03. The number of halogens is 2. The van der Waals surface area contributed by atoms with Gasteiger partial charge in [0.1, 0.15) is 18.0 Å². The maximum Gasteiger partial charge on any atom is 0.179 e. The van der Waals surface area contributed by atoms with E-state index in [0.29, 0.717) is 5.03 Å². The fraction of sp³-hybridized carbons (Fsp3) is 0.0833. The zero-order chi connectivity index (χ0) is 13.0. The molecule has 1 aromatic heterocycles. The first-order valence-electron chi connectivity index (χ1n) is 5.04. The minimum Gasteiger partial charge on any atom is -0.293 e. The van der Waals surface area contributed by atoms with Crippen LogP contribution in [0.15, 0.2) is 41.8 Å². The summed E-state index contributed by atoms with van der Waals surface area (Å²) in [5.41, 5.74) is -0.501. The van der Waals surface area contributed by atoms with Gasteiger partial charge in [0.2, 0.25) is 0 Å². The molecule has 0 bridgehead atoms. The number of Topliss-reactive ketones (excluding diaryl/α,β-unsaturated/α-hetero) is 1. The smallest absolute Gasteiger partial charge is 0.179 e. The second kappa shape index (κ2) is 5.68. The highest BCUT2D eigenvalue weighted by molar-refractivity contribution is 7.99. The fourth-order valence-electron chi connectivity index (χ4n) is 1.34. The van der Waals surface area contributed by atoms with Gasteiger partial charge < -0.3 is 0 Å². The zero-order valence-electron chi connectivity index (χ0n) is 9.14. The van der Waals surface area contributed by atoms with Gasteiger partial charge in [0.25, 0.3) is 0 Å². The Morgan fingerprint density at radius 2 is 1.94 bits per heavy atom. The Balaban J connectivity index is 2.09. The first-order valence-corrected chi connectivity index (χ1v) is 6.03. The van der Waals surface area contributed by atoms with Gasteiger partial charge in [0.05, 0.1) is 16.3 Å². The number of nitrogens with zero attached hydrogens (tertiary/aromatic N) is 2. The van der Waals surface area contributed by atoms with Gasteiger partial charge in [-0.3, -0.25) is 4.79 Å². The van der Waals surface area contributed by atoms with Crippen LogP contribution in [-0.2, 0) is 0 Å². The zero-order valence-corrected chi connectivity index (χ0v) is 9.95. The first-order chi connectivity index (χ1) is 8.68. The summed E-state index contributed by atoms with van der Waals surface area (Å²) in [6.07, 6.45) is 2.87. The number of hydrogen-bond acceptors (Lipinski definition) is 4. The van der Waals surface area contributed by atoms with E-state index in [1.165, 1.54) is 18.6 Å². The third-order valence-corrected chi connectivity index (χ3v) is 3.09. The van der Waals surface area contributed by atoms with Crippen LogP contribution < -0.4 is 0 Å². The molecule has 0 aliphatic carbocycles. The molecule has 0 aliphatic rings. The molecule has 0 unspecified atom stereocenters. The lowest BCUT2D eigenvalue weighted by atomic mass is 10.1. The Bertz CT molecular complexity index is 543. The van der Waals surface area contributed by atoms with Gasteiger partial charge in [-0.1, -0.05) is 17.8 Å². The van der Waals surface area contributed by atoms with Crippen molar-refractivity contribution in [2.24, 2.45) is 0 Å². The van der Waals surface area contributed by atoms with Gasteiger partial charge in [-0.25, -0.2) is 18.7 Å². The van der Waals surface area contributed by atoms with E-state index in [1.54, 1.807) is 6.07 Å². The van der Waals surface area contributed by atoms with Crippen molar-refractivity contribution in [2.45, 2.75) is 5.03 Å². The SMILES string of the molecule is O=C(CSc1ccncn1)c1c(F)cccc1F. The predicted molar refractivity (Wildman–Crippen MR) is 63.4 cm³/mol. The molecule has 0 N–H and O–H groups in total. The molecule has 18 heavy (non-hydrogen) atoms. The van der Waals surface area contributed by atoms with Crippen molar-refractivity contribution in [3.8, 4) is 0 Å².